The molecule has 0 fully saturated rings. The van der Waals surface area contributed by atoms with Crippen LogP contribution >= 0.6 is 7.82 Å². The van der Waals surface area contributed by atoms with Crippen molar-refractivity contribution in [2.24, 2.45) is 0 Å². The van der Waals surface area contributed by atoms with E-state index in [1.54, 1.807) is 0 Å². The highest BCUT2D eigenvalue weighted by molar-refractivity contribution is 7.47. The predicted molar refractivity (Wildman–Crippen MR) is 344 cm³/mol. The molecule has 488 valence electrons. The van der Waals surface area contributed by atoms with Gasteiger partial charge in [0.05, 0.1) is 13.2 Å². The summed E-state index contributed by atoms with van der Waals surface area (Å²) in [6, 6.07) is 0. The van der Waals surface area contributed by atoms with Gasteiger partial charge in [-0.3, -0.25) is 28.2 Å². The van der Waals surface area contributed by atoms with Crippen LogP contribution < -0.4 is 0 Å². The van der Waals surface area contributed by atoms with E-state index in [-0.39, 0.29) is 38.9 Å². The number of esters is 4. The van der Waals surface area contributed by atoms with Crippen LogP contribution in [0, 0.1) is 0 Å². The molecule has 13 heteroatoms. The number of phosphoric acid groups is 1. The van der Waals surface area contributed by atoms with Gasteiger partial charge in [0.25, 0.3) is 0 Å². The molecule has 3 atom stereocenters. The predicted octanol–water partition coefficient (Wildman–Crippen LogP) is 21.5. The van der Waals surface area contributed by atoms with Gasteiger partial charge in [-0.2, -0.15) is 0 Å². The molecule has 0 aromatic heterocycles. The zero-order valence-electron chi connectivity index (χ0n) is 54.4. The Balaban J connectivity index is 5.33. The summed E-state index contributed by atoms with van der Waals surface area (Å²) in [6.07, 6.45) is 62.5. The van der Waals surface area contributed by atoms with E-state index >= 15 is 0 Å². The molecule has 0 aromatic rings. The number of allylic oxidation sites excluding steroid dienone is 4. The Morgan fingerprint density at radius 2 is 0.506 bits per heavy atom. The standard InChI is InChI=1S/C70H131O12P/c1-5-9-13-17-21-25-29-31-33-35-39-42-46-50-54-58-68(72)78-62-66(82-70(74)60-56-52-48-44-40-36-34-32-30-26-22-18-14-10-6-2)64-80-83(75,76)79-63-65(81-69(73)59-55-51-47-43-38-28-24-20-16-12-8-4)61-77-67(71)57-53-49-45-41-37-27-23-19-15-11-7-3/h31-34,65-66H,5-30,35-64H2,1-4H3,(H,75,76)/b33-31-,34-32-/t65-,66?/m1/s1. The first-order valence-electron chi connectivity index (χ1n) is 35.2. The quantitative estimate of drug-likeness (QED) is 0.0202. The van der Waals surface area contributed by atoms with Crippen LogP contribution in [0.5, 0.6) is 0 Å². The minimum absolute atomic E-state index is 0.148. The summed E-state index contributed by atoms with van der Waals surface area (Å²) >= 11 is 0. The van der Waals surface area contributed by atoms with Gasteiger partial charge in [-0.25, -0.2) is 4.57 Å². The lowest BCUT2D eigenvalue weighted by Gasteiger charge is -2.22. The van der Waals surface area contributed by atoms with E-state index in [4.69, 9.17) is 28.0 Å². The number of ether oxygens (including phenoxy) is 4. The Labute approximate surface area is 510 Å². The van der Waals surface area contributed by atoms with Crippen molar-refractivity contribution in [2.45, 2.75) is 374 Å². The first-order valence-corrected chi connectivity index (χ1v) is 36.7. The van der Waals surface area contributed by atoms with Gasteiger partial charge < -0.3 is 23.8 Å². The minimum Gasteiger partial charge on any atom is -0.462 e. The highest BCUT2D eigenvalue weighted by Crippen LogP contribution is 2.43. The summed E-state index contributed by atoms with van der Waals surface area (Å²) in [4.78, 5) is 62.8. The van der Waals surface area contributed by atoms with Crippen LogP contribution in [0.25, 0.3) is 0 Å². The van der Waals surface area contributed by atoms with Crippen molar-refractivity contribution in [2.75, 3.05) is 26.4 Å². The summed E-state index contributed by atoms with van der Waals surface area (Å²) in [5, 5.41) is 0. The fourth-order valence-electron chi connectivity index (χ4n) is 10.2. The number of hydrogen-bond acceptors (Lipinski definition) is 11. The molecule has 0 amide bonds. The van der Waals surface area contributed by atoms with Crippen molar-refractivity contribution in [3.8, 4) is 0 Å². The van der Waals surface area contributed by atoms with Crippen LogP contribution in [0.15, 0.2) is 24.3 Å². The molecule has 1 N–H and O–H groups in total. The van der Waals surface area contributed by atoms with Crippen molar-refractivity contribution in [3.05, 3.63) is 24.3 Å². The summed E-state index contributed by atoms with van der Waals surface area (Å²) in [5.74, 6) is -1.90. The van der Waals surface area contributed by atoms with Gasteiger partial charge in [0.2, 0.25) is 0 Å². The molecule has 0 aliphatic heterocycles. The molecule has 0 bridgehead atoms. The Morgan fingerprint density at radius 1 is 0.301 bits per heavy atom. The molecule has 2 unspecified atom stereocenters. The van der Waals surface area contributed by atoms with Gasteiger partial charge in [-0.1, -0.05) is 283 Å². The lowest BCUT2D eigenvalue weighted by molar-refractivity contribution is -0.162. The average molecular weight is 1200 g/mol. The Kier molecular flexibility index (Phi) is 62.0. The second-order valence-corrected chi connectivity index (χ2v) is 25.3. The number of phosphoric ester groups is 1. The highest BCUT2D eigenvalue weighted by atomic mass is 31.2. The zero-order chi connectivity index (χ0) is 60.6. The first kappa shape index (κ1) is 80.5. The summed E-state index contributed by atoms with van der Waals surface area (Å²) in [5.41, 5.74) is 0. The Morgan fingerprint density at radius 3 is 0.747 bits per heavy atom. The number of rotatable bonds is 66. The maximum atomic E-state index is 13.4. The van der Waals surface area contributed by atoms with E-state index in [1.807, 2.05) is 0 Å². The molecule has 0 aromatic carbocycles. The molecule has 0 saturated carbocycles. The van der Waals surface area contributed by atoms with Crippen molar-refractivity contribution in [1.29, 1.82) is 0 Å². The molecular weight excluding hydrogens is 1060 g/mol. The topological polar surface area (TPSA) is 161 Å². The van der Waals surface area contributed by atoms with Gasteiger partial charge in [-0.15, -0.1) is 0 Å². The van der Waals surface area contributed by atoms with Gasteiger partial charge >= 0.3 is 31.7 Å². The van der Waals surface area contributed by atoms with Crippen LogP contribution in [-0.4, -0.2) is 67.4 Å². The molecule has 0 spiro atoms. The van der Waals surface area contributed by atoms with E-state index in [0.29, 0.717) is 25.7 Å². The van der Waals surface area contributed by atoms with Crippen LogP contribution in [0.3, 0.4) is 0 Å². The van der Waals surface area contributed by atoms with E-state index in [9.17, 15) is 28.6 Å². The molecule has 0 radical (unpaired) electrons. The van der Waals surface area contributed by atoms with Crippen LogP contribution in [-0.2, 0) is 51.7 Å². The Bertz CT molecular complexity index is 1550. The number of carbonyl (C=O) groups is 4. The molecule has 83 heavy (non-hydrogen) atoms. The molecule has 0 saturated heterocycles. The largest absolute Gasteiger partial charge is 0.472 e. The van der Waals surface area contributed by atoms with Gasteiger partial charge in [0, 0.05) is 25.7 Å². The lowest BCUT2D eigenvalue weighted by atomic mass is 10.1. The van der Waals surface area contributed by atoms with Crippen molar-refractivity contribution in [1.82, 2.24) is 0 Å². The lowest BCUT2D eigenvalue weighted by Crippen LogP contribution is -2.31. The summed E-state index contributed by atoms with van der Waals surface area (Å²) in [6.45, 7) is 7.10. The number of hydrogen-bond donors (Lipinski definition) is 1. The average Bonchev–Trinajstić information content (AvgIpc) is 3.53. The fraction of sp³-hybridized carbons (Fsp3) is 0.886. The van der Waals surface area contributed by atoms with E-state index in [2.05, 4.69) is 52.0 Å². The second-order valence-electron chi connectivity index (χ2n) is 23.9. The molecule has 0 rings (SSSR count). The van der Waals surface area contributed by atoms with Gasteiger partial charge in [0.15, 0.2) is 12.2 Å². The third kappa shape index (κ3) is 62.3. The Hall–Kier alpha value is -2.53. The van der Waals surface area contributed by atoms with E-state index in [0.717, 1.165) is 116 Å². The molecule has 0 heterocycles. The number of carbonyl (C=O) groups excluding carboxylic acids is 4. The maximum Gasteiger partial charge on any atom is 0.472 e. The smallest absolute Gasteiger partial charge is 0.462 e. The molecule has 0 aliphatic rings. The van der Waals surface area contributed by atoms with Gasteiger partial charge in [0.1, 0.15) is 13.2 Å². The number of unbranched alkanes of at least 4 members (excludes halogenated alkanes) is 42. The minimum atomic E-state index is -4.84. The van der Waals surface area contributed by atoms with Crippen LogP contribution in [0.4, 0.5) is 0 Å². The summed E-state index contributed by atoms with van der Waals surface area (Å²) in [7, 11) is -4.84. The van der Waals surface area contributed by atoms with Crippen molar-refractivity contribution in [3.63, 3.8) is 0 Å². The van der Waals surface area contributed by atoms with E-state index in [1.165, 1.54) is 167 Å². The molecule has 12 nitrogen and oxygen atoms in total. The molecule has 0 aliphatic carbocycles. The first-order chi connectivity index (χ1) is 40.6. The second kappa shape index (κ2) is 64.0. The third-order valence-corrected chi connectivity index (χ3v) is 16.5. The zero-order valence-corrected chi connectivity index (χ0v) is 55.3. The maximum absolute atomic E-state index is 13.4. The summed E-state index contributed by atoms with van der Waals surface area (Å²) < 4.78 is 46.5. The monoisotopic (exact) mass is 1190 g/mol. The highest BCUT2D eigenvalue weighted by Gasteiger charge is 2.29. The molecular formula is C70H131O12P. The van der Waals surface area contributed by atoms with Gasteiger partial charge in [-0.05, 0) is 77.0 Å². The normalized spacial score (nSPS) is 13.2. The van der Waals surface area contributed by atoms with Crippen LogP contribution in [0.2, 0.25) is 0 Å². The van der Waals surface area contributed by atoms with Crippen molar-refractivity contribution < 1.29 is 56.6 Å². The fourth-order valence-corrected chi connectivity index (χ4v) is 11.0. The SMILES string of the molecule is CCCCCCCC/C=C\CCCCCCCC(=O)OCC(COP(=O)(O)OC[C@@H](COC(=O)CCCCCCCCCCCCC)OC(=O)CCCCCCCCCCCCC)OC(=O)CCCCCCC/C=C\CCCCCCCC. The van der Waals surface area contributed by atoms with E-state index < -0.39 is 57.1 Å². The third-order valence-electron chi connectivity index (χ3n) is 15.6. The van der Waals surface area contributed by atoms with Crippen molar-refractivity contribution >= 4 is 31.7 Å². The van der Waals surface area contributed by atoms with Crippen LogP contribution in [0.1, 0.15) is 362 Å².